The maximum absolute atomic E-state index is 4.20. The third kappa shape index (κ3) is 1.24. The van der Waals surface area contributed by atoms with Gasteiger partial charge in [0.2, 0.25) is 0 Å². The van der Waals surface area contributed by atoms with Crippen LogP contribution < -0.4 is 0 Å². The molecule has 1 N–H and O–H groups in total. The molecule has 0 aliphatic carbocycles. The molecule has 0 unspecified atom stereocenters. The highest BCUT2D eigenvalue weighted by Gasteiger charge is 2.01. The van der Waals surface area contributed by atoms with Gasteiger partial charge in [0.15, 0.2) is 0 Å². The number of imidazole rings is 1. The number of nitrogens with zero attached hydrogens (tertiary/aromatic N) is 2. The van der Waals surface area contributed by atoms with Crippen molar-refractivity contribution in [2.75, 3.05) is 0 Å². The van der Waals surface area contributed by atoms with Crippen molar-refractivity contribution in [3.8, 4) is 5.69 Å². The van der Waals surface area contributed by atoms with Crippen LogP contribution in [-0.4, -0.2) is 14.5 Å². The van der Waals surface area contributed by atoms with Gasteiger partial charge in [-0.05, 0) is 37.3 Å². The smallest absolute Gasteiger partial charge is 0.0931 e. The second kappa shape index (κ2) is 2.98. The molecule has 0 radical (unpaired) electrons. The molecule has 74 valence electrons. The van der Waals surface area contributed by atoms with E-state index in [1.807, 2.05) is 12.1 Å². The number of hydrogen-bond acceptors (Lipinski definition) is 1. The summed E-state index contributed by atoms with van der Waals surface area (Å²) in [6.45, 7) is 2.09. The van der Waals surface area contributed by atoms with Crippen LogP contribution in [-0.2, 0) is 0 Å². The van der Waals surface area contributed by atoms with Gasteiger partial charge >= 0.3 is 0 Å². The molecule has 3 nitrogen and oxygen atoms in total. The van der Waals surface area contributed by atoms with Crippen LogP contribution in [0.15, 0.2) is 42.9 Å². The highest BCUT2D eigenvalue weighted by molar-refractivity contribution is 5.76. The first-order valence-corrected chi connectivity index (χ1v) is 4.92. The van der Waals surface area contributed by atoms with E-state index in [1.165, 1.54) is 5.69 Å². The molecule has 2 aromatic heterocycles. The average molecular weight is 197 g/mol. The number of H-pyrrole nitrogens is 1. The van der Waals surface area contributed by atoms with Crippen molar-refractivity contribution in [1.29, 1.82) is 0 Å². The first kappa shape index (κ1) is 8.29. The van der Waals surface area contributed by atoms with Crippen molar-refractivity contribution >= 4 is 11.0 Å². The second-order valence-corrected chi connectivity index (χ2v) is 3.62. The molecule has 0 amide bonds. The van der Waals surface area contributed by atoms with Crippen molar-refractivity contribution in [1.82, 2.24) is 14.5 Å². The first-order chi connectivity index (χ1) is 7.34. The molecular formula is C12H11N3. The van der Waals surface area contributed by atoms with Gasteiger partial charge < -0.3 is 9.55 Å². The lowest BCUT2D eigenvalue weighted by molar-refractivity contribution is 1.02. The second-order valence-electron chi connectivity index (χ2n) is 3.62. The highest BCUT2D eigenvalue weighted by Crippen LogP contribution is 2.17. The fourth-order valence-corrected chi connectivity index (χ4v) is 1.83. The monoisotopic (exact) mass is 197 g/mol. The van der Waals surface area contributed by atoms with Crippen molar-refractivity contribution in [2.45, 2.75) is 6.92 Å². The SMILES string of the molecule is Cc1cccn1-c1ccc2nc[nH]c2c1. The maximum atomic E-state index is 4.20. The number of benzene rings is 1. The van der Waals surface area contributed by atoms with Crippen LogP contribution in [0.1, 0.15) is 5.69 Å². The van der Waals surface area contributed by atoms with E-state index in [0.29, 0.717) is 0 Å². The summed E-state index contributed by atoms with van der Waals surface area (Å²) in [7, 11) is 0. The Morgan fingerprint density at radius 3 is 3.00 bits per heavy atom. The Morgan fingerprint density at radius 2 is 2.20 bits per heavy atom. The van der Waals surface area contributed by atoms with Crippen molar-refractivity contribution in [3.05, 3.63) is 48.5 Å². The van der Waals surface area contributed by atoms with Gasteiger partial charge in [-0.3, -0.25) is 0 Å². The van der Waals surface area contributed by atoms with Gasteiger partial charge in [-0.25, -0.2) is 4.98 Å². The minimum absolute atomic E-state index is 1.00. The summed E-state index contributed by atoms with van der Waals surface area (Å²) in [6.07, 6.45) is 3.78. The highest BCUT2D eigenvalue weighted by atomic mass is 15.0. The zero-order valence-electron chi connectivity index (χ0n) is 8.44. The summed E-state index contributed by atoms with van der Waals surface area (Å²) in [6, 6.07) is 10.4. The van der Waals surface area contributed by atoms with Crippen LogP contribution in [0.2, 0.25) is 0 Å². The summed E-state index contributed by atoms with van der Waals surface area (Å²) >= 11 is 0. The van der Waals surface area contributed by atoms with Crippen LogP contribution in [0.4, 0.5) is 0 Å². The van der Waals surface area contributed by atoms with Crippen LogP contribution in [0.5, 0.6) is 0 Å². The van der Waals surface area contributed by atoms with Crippen LogP contribution in [0.3, 0.4) is 0 Å². The quantitative estimate of drug-likeness (QED) is 0.639. The Morgan fingerprint density at radius 1 is 1.27 bits per heavy atom. The van der Waals surface area contributed by atoms with E-state index in [1.54, 1.807) is 6.33 Å². The van der Waals surface area contributed by atoms with Gasteiger partial charge in [0.1, 0.15) is 0 Å². The van der Waals surface area contributed by atoms with E-state index in [9.17, 15) is 0 Å². The van der Waals surface area contributed by atoms with E-state index in [4.69, 9.17) is 0 Å². The fraction of sp³-hybridized carbons (Fsp3) is 0.0833. The van der Waals surface area contributed by atoms with Gasteiger partial charge in [-0.15, -0.1) is 0 Å². The summed E-state index contributed by atoms with van der Waals surface area (Å²) in [4.78, 5) is 7.32. The Bertz CT molecular complexity index is 604. The van der Waals surface area contributed by atoms with Gasteiger partial charge in [-0.1, -0.05) is 0 Å². The molecule has 0 atom stereocenters. The molecule has 0 saturated carbocycles. The Balaban J connectivity index is 2.23. The minimum Gasteiger partial charge on any atom is -0.345 e. The lowest BCUT2D eigenvalue weighted by atomic mass is 10.2. The molecule has 3 rings (SSSR count). The Kier molecular flexibility index (Phi) is 1.65. The summed E-state index contributed by atoms with van der Waals surface area (Å²) in [5.74, 6) is 0. The number of aromatic amines is 1. The predicted octanol–water partition coefficient (Wildman–Crippen LogP) is 2.66. The van der Waals surface area contributed by atoms with Gasteiger partial charge in [-0.2, -0.15) is 0 Å². The molecule has 3 heteroatoms. The third-order valence-corrected chi connectivity index (χ3v) is 2.63. The van der Waals surface area contributed by atoms with E-state index >= 15 is 0 Å². The van der Waals surface area contributed by atoms with Gasteiger partial charge in [0.05, 0.1) is 17.4 Å². The number of nitrogens with one attached hydrogen (secondary N) is 1. The lowest BCUT2D eigenvalue weighted by Crippen LogP contribution is -1.93. The Hall–Kier alpha value is -2.03. The topological polar surface area (TPSA) is 33.6 Å². The number of fused-ring (bicyclic) bond motifs is 1. The molecule has 3 aromatic rings. The van der Waals surface area contributed by atoms with Crippen molar-refractivity contribution < 1.29 is 0 Å². The standard InChI is InChI=1S/C12H11N3/c1-9-3-2-6-15(9)10-4-5-11-12(7-10)14-8-13-11/h2-8H,1H3,(H,13,14). The number of aryl methyl sites for hydroxylation is 1. The molecule has 0 aliphatic heterocycles. The van der Waals surface area contributed by atoms with Crippen LogP contribution in [0, 0.1) is 6.92 Å². The number of hydrogen-bond donors (Lipinski definition) is 1. The molecule has 0 bridgehead atoms. The third-order valence-electron chi connectivity index (χ3n) is 2.63. The lowest BCUT2D eigenvalue weighted by Gasteiger charge is -2.05. The normalized spacial score (nSPS) is 11.0. The molecule has 1 aromatic carbocycles. The predicted molar refractivity (Wildman–Crippen MR) is 60.2 cm³/mol. The number of aromatic nitrogens is 3. The molecule has 15 heavy (non-hydrogen) atoms. The molecule has 0 aliphatic rings. The molecule has 0 spiro atoms. The van der Waals surface area contributed by atoms with Crippen LogP contribution >= 0.6 is 0 Å². The molecule has 0 fully saturated rings. The maximum Gasteiger partial charge on any atom is 0.0931 e. The zero-order valence-corrected chi connectivity index (χ0v) is 8.44. The Labute approximate surface area is 87.4 Å². The summed E-state index contributed by atoms with van der Waals surface area (Å²) in [5.41, 5.74) is 4.47. The molecule has 0 saturated heterocycles. The minimum atomic E-state index is 1.00. The molecule has 2 heterocycles. The van der Waals surface area contributed by atoms with E-state index in [-0.39, 0.29) is 0 Å². The first-order valence-electron chi connectivity index (χ1n) is 4.92. The number of rotatable bonds is 1. The van der Waals surface area contributed by atoms with Crippen LogP contribution in [0.25, 0.3) is 16.7 Å². The summed E-state index contributed by atoms with van der Waals surface area (Å²) < 4.78 is 2.15. The van der Waals surface area contributed by atoms with Gasteiger partial charge in [0, 0.05) is 17.6 Å². The molecular weight excluding hydrogens is 186 g/mol. The summed E-state index contributed by atoms with van der Waals surface area (Å²) in [5, 5.41) is 0. The zero-order chi connectivity index (χ0) is 10.3. The van der Waals surface area contributed by atoms with Crippen molar-refractivity contribution in [3.63, 3.8) is 0 Å². The average Bonchev–Trinajstić information content (AvgIpc) is 2.84. The van der Waals surface area contributed by atoms with E-state index in [0.717, 1.165) is 16.7 Å². The van der Waals surface area contributed by atoms with E-state index < -0.39 is 0 Å². The largest absolute Gasteiger partial charge is 0.345 e. The fourth-order valence-electron chi connectivity index (χ4n) is 1.83. The van der Waals surface area contributed by atoms with E-state index in [2.05, 4.69) is 45.9 Å². The van der Waals surface area contributed by atoms with Crippen molar-refractivity contribution in [2.24, 2.45) is 0 Å². The van der Waals surface area contributed by atoms with Gasteiger partial charge in [0.25, 0.3) is 0 Å².